The Labute approximate surface area is 114 Å². The molecule has 0 unspecified atom stereocenters. The highest BCUT2D eigenvalue weighted by atomic mass is 16.6. The molecule has 7 heteroatoms. The molecule has 1 heterocycles. The van der Waals surface area contributed by atoms with Gasteiger partial charge in [-0.05, 0) is 21.5 Å². The summed E-state index contributed by atoms with van der Waals surface area (Å²) in [6.45, 7) is 0.0195. The van der Waals surface area contributed by atoms with E-state index < -0.39 is 16.7 Å². The molecule has 102 valence electrons. The van der Waals surface area contributed by atoms with Crippen LogP contribution in [0.4, 0.5) is 11.5 Å². The molecule has 2 aromatic rings. The Balaban J connectivity index is 2.17. The van der Waals surface area contributed by atoms with Crippen LogP contribution < -0.4 is 5.73 Å². The number of nitrogens with two attached hydrogens (primary N) is 1. The predicted molar refractivity (Wildman–Crippen MR) is 70.9 cm³/mol. The molecule has 2 rings (SSSR count). The standard InChI is InChI=1S/C13H11N3O4/c14-10-6-11(12(15-7-10)16(18)19)13(17)20-8-9-4-2-1-3-5-9/h1-7H,8,14H2. The number of benzene rings is 1. The minimum absolute atomic E-state index is 0.0195. The molecular weight excluding hydrogens is 262 g/mol. The van der Waals surface area contributed by atoms with Crippen LogP contribution in [0.15, 0.2) is 42.6 Å². The Morgan fingerprint density at radius 1 is 1.35 bits per heavy atom. The lowest BCUT2D eigenvalue weighted by atomic mass is 10.2. The van der Waals surface area contributed by atoms with E-state index in [2.05, 4.69) is 4.98 Å². The van der Waals surface area contributed by atoms with Crippen LogP contribution in [0.3, 0.4) is 0 Å². The Bertz CT molecular complexity index is 643. The average Bonchev–Trinajstić information content (AvgIpc) is 2.45. The van der Waals surface area contributed by atoms with Crippen molar-refractivity contribution in [1.82, 2.24) is 4.98 Å². The summed E-state index contributed by atoms with van der Waals surface area (Å²) in [7, 11) is 0. The van der Waals surface area contributed by atoms with E-state index in [-0.39, 0.29) is 17.9 Å². The Kier molecular flexibility index (Phi) is 3.90. The van der Waals surface area contributed by atoms with Crippen molar-refractivity contribution in [3.63, 3.8) is 0 Å². The zero-order valence-corrected chi connectivity index (χ0v) is 10.4. The van der Waals surface area contributed by atoms with Crippen molar-refractivity contribution >= 4 is 17.5 Å². The van der Waals surface area contributed by atoms with E-state index in [1.807, 2.05) is 6.07 Å². The first-order valence-electron chi connectivity index (χ1n) is 5.69. The SMILES string of the molecule is Nc1cnc([N+](=O)[O-])c(C(=O)OCc2ccccc2)c1. The summed E-state index contributed by atoms with van der Waals surface area (Å²) in [5, 5.41) is 10.8. The maximum atomic E-state index is 11.9. The number of carbonyl (C=O) groups excluding carboxylic acids is 1. The molecule has 2 N–H and O–H groups in total. The van der Waals surface area contributed by atoms with Gasteiger partial charge >= 0.3 is 11.8 Å². The fourth-order valence-electron chi connectivity index (χ4n) is 1.57. The van der Waals surface area contributed by atoms with Gasteiger partial charge in [0.15, 0.2) is 11.8 Å². The molecule has 0 spiro atoms. The van der Waals surface area contributed by atoms with Crippen LogP contribution in [-0.4, -0.2) is 15.9 Å². The Morgan fingerprint density at radius 3 is 2.70 bits per heavy atom. The van der Waals surface area contributed by atoms with Gasteiger partial charge in [0.05, 0.1) is 5.69 Å². The molecule has 0 aliphatic rings. The molecule has 7 nitrogen and oxygen atoms in total. The molecular formula is C13H11N3O4. The van der Waals surface area contributed by atoms with Crippen LogP contribution >= 0.6 is 0 Å². The maximum absolute atomic E-state index is 11.9. The van der Waals surface area contributed by atoms with Gasteiger partial charge < -0.3 is 20.6 Å². The van der Waals surface area contributed by atoms with Crippen molar-refractivity contribution in [2.45, 2.75) is 6.61 Å². The van der Waals surface area contributed by atoms with E-state index in [1.165, 1.54) is 6.07 Å². The molecule has 0 amide bonds. The first kappa shape index (κ1) is 13.5. The third-order valence-electron chi connectivity index (χ3n) is 2.49. The van der Waals surface area contributed by atoms with Crippen LogP contribution in [0.2, 0.25) is 0 Å². The second-order valence-electron chi connectivity index (χ2n) is 3.96. The zero-order chi connectivity index (χ0) is 14.5. The van der Waals surface area contributed by atoms with Crippen molar-refractivity contribution < 1.29 is 14.5 Å². The summed E-state index contributed by atoms with van der Waals surface area (Å²) in [6, 6.07) is 10.2. The number of hydrogen-bond acceptors (Lipinski definition) is 6. The van der Waals surface area contributed by atoms with E-state index in [4.69, 9.17) is 10.5 Å². The third-order valence-corrected chi connectivity index (χ3v) is 2.49. The maximum Gasteiger partial charge on any atom is 0.378 e. The quantitative estimate of drug-likeness (QED) is 0.518. The number of nitrogen functional groups attached to an aromatic ring is 1. The highest BCUT2D eigenvalue weighted by Crippen LogP contribution is 2.19. The number of rotatable bonds is 4. The molecule has 1 aromatic carbocycles. The summed E-state index contributed by atoms with van der Waals surface area (Å²) in [5.41, 5.74) is 6.15. The van der Waals surface area contributed by atoms with Crippen LogP contribution in [0.5, 0.6) is 0 Å². The molecule has 0 aliphatic heterocycles. The molecule has 0 atom stereocenters. The van der Waals surface area contributed by atoms with E-state index in [0.717, 1.165) is 11.8 Å². The van der Waals surface area contributed by atoms with Crippen LogP contribution in [0, 0.1) is 10.1 Å². The zero-order valence-electron chi connectivity index (χ0n) is 10.4. The number of nitrogens with zero attached hydrogens (tertiary/aromatic N) is 2. The van der Waals surface area contributed by atoms with Gasteiger partial charge in [0, 0.05) is 0 Å². The van der Waals surface area contributed by atoms with Crippen molar-refractivity contribution in [3.8, 4) is 0 Å². The lowest BCUT2D eigenvalue weighted by molar-refractivity contribution is -0.389. The van der Waals surface area contributed by atoms with E-state index in [0.29, 0.717) is 0 Å². The summed E-state index contributed by atoms with van der Waals surface area (Å²) >= 11 is 0. The van der Waals surface area contributed by atoms with E-state index in [1.54, 1.807) is 24.3 Å². The minimum Gasteiger partial charge on any atom is -0.457 e. The van der Waals surface area contributed by atoms with Gasteiger partial charge in [0.25, 0.3) is 0 Å². The molecule has 0 fully saturated rings. The number of anilines is 1. The van der Waals surface area contributed by atoms with E-state index >= 15 is 0 Å². The molecule has 0 saturated heterocycles. The lowest BCUT2D eigenvalue weighted by Gasteiger charge is -2.05. The Hall–Kier alpha value is -2.96. The van der Waals surface area contributed by atoms with Crippen molar-refractivity contribution in [2.24, 2.45) is 0 Å². The summed E-state index contributed by atoms with van der Waals surface area (Å²) in [6.07, 6.45) is 1.12. The van der Waals surface area contributed by atoms with Gasteiger partial charge in [0.2, 0.25) is 0 Å². The highest BCUT2D eigenvalue weighted by molar-refractivity contribution is 5.93. The van der Waals surface area contributed by atoms with Crippen LogP contribution in [0.25, 0.3) is 0 Å². The molecule has 0 bridgehead atoms. The number of hydrogen-bond donors (Lipinski definition) is 1. The second kappa shape index (κ2) is 5.79. The van der Waals surface area contributed by atoms with Crippen LogP contribution in [-0.2, 0) is 11.3 Å². The van der Waals surface area contributed by atoms with Gasteiger partial charge in [-0.25, -0.2) is 4.79 Å². The number of carbonyl (C=O) groups is 1. The molecule has 0 saturated carbocycles. The molecule has 0 aliphatic carbocycles. The number of esters is 1. The number of ether oxygens (including phenoxy) is 1. The van der Waals surface area contributed by atoms with Gasteiger partial charge in [-0.2, -0.15) is 0 Å². The number of nitro groups is 1. The molecule has 1 aromatic heterocycles. The summed E-state index contributed by atoms with van der Waals surface area (Å²) < 4.78 is 5.02. The minimum atomic E-state index is -0.833. The Morgan fingerprint density at radius 2 is 2.05 bits per heavy atom. The number of aromatic nitrogens is 1. The average molecular weight is 273 g/mol. The molecule has 20 heavy (non-hydrogen) atoms. The topological polar surface area (TPSA) is 108 Å². The van der Waals surface area contributed by atoms with Crippen LogP contribution in [0.1, 0.15) is 15.9 Å². The smallest absolute Gasteiger partial charge is 0.378 e. The van der Waals surface area contributed by atoms with Gasteiger partial charge in [-0.3, -0.25) is 0 Å². The van der Waals surface area contributed by atoms with Crippen molar-refractivity contribution in [1.29, 1.82) is 0 Å². The monoisotopic (exact) mass is 273 g/mol. The first-order chi connectivity index (χ1) is 9.58. The lowest BCUT2D eigenvalue weighted by Crippen LogP contribution is -2.10. The van der Waals surface area contributed by atoms with E-state index in [9.17, 15) is 14.9 Å². The largest absolute Gasteiger partial charge is 0.457 e. The van der Waals surface area contributed by atoms with Gasteiger partial charge in [-0.15, -0.1) is 0 Å². The van der Waals surface area contributed by atoms with Gasteiger partial charge in [0.1, 0.15) is 6.61 Å². The third kappa shape index (κ3) is 3.08. The van der Waals surface area contributed by atoms with Crippen molar-refractivity contribution in [3.05, 3.63) is 63.8 Å². The fraction of sp³-hybridized carbons (Fsp3) is 0.0769. The normalized spacial score (nSPS) is 10.0. The fourth-order valence-corrected chi connectivity index (χ4v) is 1.57. The highest BCUT2D eigenvalue weighted by Gasteiger charge is 2.23. The number of pyridine rings is 1. The van der Waals surface area contributed by atoms with Gasteiger partial charge in [-0.1, -0.05) is 30.3 Å². The second-order valence-corrected chi connectivity index (χ2v) is 3.96. The molecule has 0 radical (unpaired) electrons. The predicted octanol–water partition coefficient (Wildman–Crippen LogP) is 1.93. The summed E-state index contributed by atoms with van der Waals surface area (Å²) in [4.78, 5) is 25.5. The summed E-state index contributed by atoms with van der Waals surface area (Å²) in [5.74, 6) is -1.40. The first-order valence-corrected chi connectivity index (χ1v) is 5.69. The van der Waals surface area contributed by atoms with Crippen molar-refractivity contribution in [2.75, 3.05) is 5.73 Å².